The first-order valence-corrected chi connectivity index (χ1v) is 11.3. The molecule has 1 aromatic heterocycles. The van der Waals surface area contributed by atoms with Gasteiger partial charge in [0.25, 0.3) is 0 Å². The summed E-state index contributed by atoms with van der Waals surface area (Å²) in [5.41, 5.74) is 3.36. The molecule has 170 valence electrons. The molecule has 4 aromatic rings. The largest absolute Gasteiger partial charge is 0.457 e. The molecule has 1 amide bonds. The maximum absolute atomic E-state index is 12.9. The fourth-order valence-corrected chi connectivity index (χ4v) is 4.15. The minimum Gasteiger partial charge on any atom is -0.457 e. The van der Waals surface area contributed by atoms with Crippen LogP contribution in [0.25, 0.3) is 10.9 Å². The van der Waals surface area contributed by atoms with Gasteiger partial charge in [0.2, 0.25) is 5.91 Å². The van der Waals surface area contributed by atoms with Crippen LogP contribution in [0.3, 0.4) is 0 Å². The Labute approximate surface area is 195 Å². The first-order chi connectivity index (χ1) is 16.0. The molecule has 0 saturated carbocycles. The second-order valence-corrected chi connectivity index (χ2v) is 8.61. The van der Waals surface area contributed by atoms with Gasteiger partial charge in [-0.3, -0.25) is 4.79 Å². The van der Waals surface area contributed by atoms with Gasteiger partial charge >= 0.3 is 0 Å². The Kier molecular flexibility index (Phi) is 7.10. The number of carbonyl (C=O) groups excluding carboxylic acids is 1. The third kappa shape index (κ3) is 5.62. The van der Waals surface area contributed by atoms with E-state index in [1.165, 1.54) is 5.39 Å². The van der Waals surface area contributed by atoms with Gasteiger partial charge in [0.05, 0.1) is 0 Å². The van der Waals surface area contributed by atoms with Gasteiger partial charge in [-0.15, -0.1) is 0 Å². The number of likely N-dealkylation sites (N-methyl/N-ethyl adjacent to an activating group) is 1. The molecule has 0 bridgehead atoms. The molecule has 0 spiro atoms. The van der Waals surface area contributed by atoms with Gasteiger partial charge in [-0.2, -0.15) is 0 Å². The molecule has 33 heavy (non-hydrogen) atoms. The number of hydrogen-bond donors (Lipinski definition) is 1. The van der Waals surface area contributed by atoms with Crippen molar-refractivity contribution in [2.24, 2.45) is 7.05 Å². The number of carbonyl (C=O) groups is 1. The Morgan fingerprint density at radius 1 is 0.970 bits per heavy atom. The van der Waals surface area contributed by atoms with Crippen LogP contribution in [0.5, 0.6) is 11.5 Å². The van der Waals surface area contributed by atoms with E-state index in [1.54, 1.807) is 0 Å². The summed E-state index contributed by atoms with van der Waals surface area (Å²) >= 11 is 0. The van der Waals surface area contributed by atoms with Gasteiger partial charge in [0.15, 0.2) is 0 Å². The van der Waals surface area contributed by atoms with E-state index >= 15 is 0 Å². The zero-order valence-corrected chi connectivity index (χ0v) is 19.5. The molecule has 0 aliphatic rings. The first kappa shape index (κ1) is 22.6. The fourth-order valence-electron chi connectivity index (χ4n) is 4.15. The number of amides is 1. The Morgan fingerprint density at radius 2 is 1.70 bits per heavy atom. The molecule has 0 radical (unpaired) electrons. The van der Waals surface area contributed by atoms with Crippen LogP contribution in [0.2, 0.25) is 0 Å². The Balaban J connectivity index is 1.67. The van der Waals surface area contributed by atoms with Crippen LogP contribution in [0.1, 0.15) is 23.5 Å². The average molecular weight is 442 g/mol. The van der Waals surface area contributed by atoms with E-state index in [0.29, 0.717) is 13.0 Å². The van der Waals surface area contributed by atoms with Gasteiger partial charge in [-0.25, -0.2) is 0 Å². The lowest BCUT2D eigenvalue weighted by molar-refractivity contribution is -0.121. The van der Waals surface area contributed by atoms with Gasteiger partial charge < -0.3 is 19.5 Å². The maximum atomic E-state index is 12.9. The van der Waals surface area contributed by atoms with E-state index in [2.05, 4.69) is 52.3 Å². The minimum atomic E-state index is -0.0882. The summed E-state index contributed by atoms with van der Waals surface area (Å²) in [4.78, 5) is 15.0. The number of para-hydroxylation sites is 2. The quantitative estimate of drug-likeness (QED) is 0.390. The van der Waals surface area contributed by atoms with Crippen molar-refractivity contribution in [3.63, 3.8) is 0 Å². The predicted octanol–water partition coefficient (Wildman–Crippen LogP) is 5.17. The summed E-state index contributed by atoms with van der Waals surface area (Å²) in [5, 5.41) is 4.24. The van der Waals surface area contributed by atoms with E-state index < -0.39 is 0 Å². The molecule has 1 N–H and O–H groups in total. The van der Waals surface area contributed by atoms with Crippen molar-refractivity contribution in [1.82, 2.24) is 14.8 Å². The second kappa shape index (κ2) is 10.4. The summed E-state index contributed by atoms with van der Waals surface area (Å²) in [6.45, 7) is 1.44. The van der Waals surface area contributed by atoms with Crippen molar-refractivity contribution < 1.29 is 9.53 Å². The van der Waals surface area contributed by atoms with Crippen LogP contribution in [-0.2, 0) is 11.8 Å². The molecule has 0 aliphatic carbocycles. The third-order valence-corrected chi connectivity index (χ3v) is 5.81. The number of ether oxygens (including phenoxy) is 1. The number of fused-ring (bicyclic) bond motifs is 1. The molecule has 1 atom stereocenters. The highest BCUT2D eigenvalue weighted by Gasteiger charge is 2.23. The summed E-state index contributed by atoms with van der Waals surface area (Å²) in [6.07, 6.45) is 2.52. The summed E-state index contributed by atoms with van der Waals surface area (Å²) in [6, 6.07) is 26.2. The maximum Gasteiger partial charge on any atom is 0.220 e. The monoisotopic (exact) mass is 441 g/mol. The smallest absolute Gasteiger partial charge is 0.220 e. The molecule has 1 heterocycles. The van der Waals surface area contributed by atoms with Crippen LogP contribution in [0.15, 0.2) is 85.1 Å². The molecular formula is C28H31N3O2. The highest BCUT2D eigenvalue weighted by molar-refractivity contribution is 5.86. The van der Waals surface area contributed by atoms with Crippen molar-refractivity contribution >= 4 is 16.8 Å². The predicted molar refractivity (Wildman–Crippen MR) is 134 cm³/mol. The Morgan fingerprint density at radius 3 is 2.48 bits per heavy atom. The molecule has 0 fully saturated rings. The number of aryl methyl sites for hydroxylation is 1. The zero-order valence-electron chi connectivity index (χ0n) is 19.5. The number of nitrogens with zero attached hydrogens (tertiary/aromatic N) is 2. The number of aromatic nitrogens is 1. The summed E-state index contributed by atoms with van der Waals surface area (Å²) in [5.74, 6) is 1.51. The minimum absolute atomic E-state index is 0.0455. The van der Waals surface area contributed by atoms with Crippen LogP contribution < -0.4 is 10.1 Å². The molecule has 5 nitrogen and oxygen atoms in total. The number of hydrogen-bond acceptors (Lipinski definition) is 3. The molecule has 4 rings (SSSR count). The third-order valence-electron chi connectivity index (χ3n) is 5.81. The molecule has 5 heteroatoms. The van der Waals surface area contributed by atoms with Crippen molar-refractivity contribution in [2.45, 2.75) is 12.3 Å². The van der Waals surface area contributed by atoms with E-state index in [0.717, 1.165) is 34.7 Å². The van der Waals surface area contributed by atoms with Crippen molar-refractivity contribution in [3.05, 3.63) is 96.2 Å². The standard InChI is InChI=1S/C28H31N3O2/c1-30(2)17-16-29-28(32)19-25(26-20-31(3)27-15-8-7-14-24(26)27)21-10-9-13-23(18-21)33-22-11-5-4-6-12-22/h4-15,18,20,25H,16-17,19H2,1-3H3,(H,29,32). The fraction of sp³-hybridized carbons (Fsp3) is 0.250. The second-order valence-electron chi connectivity index (χ2n) is 8.61. The highest BCUT2D eigenvalue weighted by Crippen LogP contribution is 2.36. The van der Waals surface area contributed by atoms with Crippen molar-refractivity contribution in [2.75, 3.05) is 27.2 Å². The Hall–Kier alpha value is -3.57. The molecule has 0 saturated heterocycles. The topological polar surface area (TPSA) is 46.5 Å². The number of benzene rings is 3. The van der Waals surface area contributed by atoms with Crippen molar-refractivity contribution in [1.29, 1.82) is 0 Å². The lowest BCUT2D eigenvalue weighted by Gasteiger charge is -2.19. The van der Waals surface area contributed by atoms with Crippen LogP contribution >= 0.6 is 0 Å². The van der Waals surface area contributed by atoms with Gasteiger partial charge in [-0.1, -0.05) is 48.5 Å². The van der Waals surface area contributed by atoms with E-state index in [4.69, 9.17) is 4.74 Å². The zero-order chi connectivity index (χ0) is 23.2. The molecular weight excluding hydrogens is 410 g/mol. The molecule has 1 unspecified atom stereocenters. The Bertz CT molecular complexity index is 1210. The number of rotatable bonds is 9. The lowest BCUT2D eigenvalue weighted by atomic mass is 9.88. The SMILES string of the molecule is CN(C)CCNC(=O)CC(c1cccc(Oc2ccccc2)c1)c1cn(C)c2ccccc12. The molecule has 3 aromatic carbocycles. The van der Waals surface area contributed by atoms with E-state index in [1.807, 2.05) is 68.7 Å². The lowest BCUT2D eigenvalue weighted by Crippen LogP contribution is -2.32. The van der Waals surface area contributed by atoms with Gasteiger partial charge in [0.1, 0.15) is 11.5 Å². The van der Waals surface area contributed by atoms with Crippen LogP contribution in [-0.4, -0.2) is 42.6 Å². The van der Waals surface area contributed by atoms with Gasteiger partial charge in [-0.05, 0) is 55.6 Å². The van der Waals surface area contributed by atoms with Gasteiger partial charge in [0, 0.05) is 49.6 Å². The normalized spacial score (nSPS) is 12.1. The highest BCUT2D eigenvalue weighted by atomic mass is 16.5. The summed E-state index contributed by atoms with van der Waals surface area (Å²) < 4.78 is 8.21. The molecule has 0 aliphatic heterocycles. The average Bonchev–Trinajstić information content (AvgIpc) is 3.14. The number of nitrogens with one attached hydrogen (secondary N) is 1. The van der Waals surface area contributed by atoms with E-state index in [-0.39, 0.29) is 11.8 Å². The van der Waals surface area contributed by atoms with Crippen LogP contribution in [0.4, 0.5) is 0 Å². The van der Waals surface area contributed by atoms with Crippen molar-refractivity contribution in [3.8, 4) is 11.5 Å². The summed E-state index contributed by atoms with van der Waals surface area (Å²) in [7, 11) is 6.06. The first-order valence-electron chi connectivity index (χ1n) is 11.3. The van der Waals surface area contributed by atoms with Crippen LogP contribution in [0, 0.1) is 0 Å². The van der Waals surface area contributed by atoms with E-state index in [9.17, 15) is 4.79 Å².